The number of aryl methyl sites for hydroxylation is 2. The van der Waals surface area contributed by atoms with Gasteiger partial charge in [-0.15, -0.1) is 0 Å². The average molecular weight is 314 g/mol. The number of rotatable bonds is 4. The lowest BCUT2D eigenvalue weighted by atomic mass is 9.82. The molecule has 0 aromatic carbocycles. The lowest BCUT2D eigenvalue weighted by Gasteiger charge is -2.26. The molecule has 0 saturated carbocycles. The maximum absolute atomic E-state index is 4.47. The normalized spacial score (nSPS) is 19.6. The third-order valence-electron chi connectivity index (χ3n) is 4.65. The zero-order valence-electron chi connectivity index (χ0n) is 12.0. The SMILES string of the molecule is CCC1(CC)CCN(Cc2c(Br)c(C)nn2C)C1. The Balaban J connectivity index is 2.08. The van der Waals surface area contributed by atoms with Crippen molar-refractivity contribution in [1.29, 1.82) is 0 Å². The monoisotopic (exact) mass is 313 g/mol. The molecule has 1 fully saturated rings. The van der Waals surface area contributed by atoms with E-state index in [2.05, 4.69) is 46.7 Å². The number of likely N-dealkylation sites (tertiary alicyclic amines) is 1. The first-order valence-electron chi connectivity index (χ1n) is 6.91. The zero-order valence-corrected chi connectivity index (χ0v) is 13.5. The van der Waals surface area contributed by atoms with Gasteiger partial charge in [-0.1, -0.05) is 13.8 Å². The van der Waals surface area contributed by atoms with Crippen LogP contribution in [0, 0.1) is 12.3 Å². The van der Waals surface area contributed by atoms with Gasteiger partial charge >= 0.3 is 0 Å². The molecular weight excluding hydrogens is 290 g/mol. The highest BCUT2D eigenvalue weighted by molar-refractivity contribution is 9.10. The highest BCUT2D eigenvalue weighted by Crippen LogP contribution is 2.38. The van der Waals surface area contributed by atoms with Crippen molar-refractivity contribution in [2.45, 2.75) is 46.6 Å². The second-order valence-corrected chi connectivity index (χ2v) is 6.43. The van der Waals surface area contributed by atoms with Crippen molar-refractivity contribution in [3.05, 3.63) is 15.9 Å². The van der Waals surface area contributed by atoms with E-state index in [0.29, 0.717) is 5.41 Å². The molecule has 102 valence electrons. The van der Waals surface area contributed by atoms with Gasteiger partial charge in [-0.25, -0.2) is 0 Å². The average Bonchev–Trinajstić information content (AvgIpc) is 2.88. The Labute approximate surface area is 119 Å². The second-order valence-electron chi connectivity index (χ2n) is 5.64. The fourth-order valence-electron chi connectivity index (χ4n) is 3.05. The molecule has 0 aliphatic carbocycles. The van der Waals surface area contributed by atoms with Crippen molar-refractivity contribution in [2.24, 2.45) is 12.5 Å². The predicted molar refractivity (Wildman–Crippen MR) is 78.6 cm³/mol. The van der Waals surface area contributed by atoms with Crippen LogP contribution in [0.4, 0.5) is 0 Å². The summed E-state index contributed by atoms with van der Waals surface area (Å²) < 4.78 is 3.19. The Bertz CT molecular complexity index is 421. The summed E-state index contributed by atoms with van der Waals surface area (Å²) in [6.07, 6.45) is 3.94. The molecule has 18 heavy (non-hydrogen) atoms. The molecule has 1 aromatic rings. The number of hydrogen-bond acceptors (Lipinski definition) is 2. The van der Waals surface area contributed by atoms with Crippen molar-refractivity contribution in [1.82, 2.24) is 14.7 Å². The van der Waals surface area contributed by atoms with Crippen molar-refractivity contribution >= 4 is 15.9 Å². The van der Waals surface area contributed by atoms with Gasteiger partial charge in [0.15, 0.2) is 0 Å². The van der Waals surface area contributed by atoms with Crippen LogP contribution in [0.1, 0.15) is 44.5 Å². The van der Waals surface area contributed by atoms with Crippen LogP contribution in [0.5, 0.6) is 0 Å². The molecule has 4 heteroatoms. The summed E-state index contributed by atoms with van der Waals surface area (Å²) in [5, 5.41) is 4.47. The van der Waals surface area contributed by atoms with Gasteiger partial charge in [-0.3, -0.25) is 9.58 Å². The van der Waals surface area contributed by atoms with Gasteiger partial charge in [0.25, 0.3) is 0 Å². The molecule has 2 heterocycles. The van der Waals surface area contributed by atoms with E-state index in [-0.39, 0.29) is 0 Å². The van der Waals surface area contributed by atoms with E-state index >= 15 is 0 Å². The third-order valence-corrected chi connectivity index (χ3v) is 5.68. The first-order chi connectivity index (χ1) is 8.51. The molecule has 1 aliphatic heterocycles. The smallest absolute Gasteiger partial charge is 0.0739 e. The largest absolute Gasteiger partial charge is 0.297 e. The van der Waals surface area contributed by atoms with E-state index in [1.807, 2.05) is 11.7 Å². The number of nitrogens with zero attached hydrogens (tertiary/aromatic N) is 3. The minimum absolute atomic E-state index is 0.556. The van der Waals surface area contributed by atoms with Crippen molar-refractivity contribution in [2.75, 3.05) is 13.1 Å². The van der Waals surface area contributed by atoms with Crippen molar-refractivity contribution < 1.29 is 0 Å². The highest BCUT2D eigenvalue weighted by atomic mass is 79.9. The Hall–Kier alpha value is -0.350. The van der Waals surface area contributed by atoms with Crippen LogP contribution in [0.3, 0.4) is 0 Å². The van der Waals surface area contributed by atoms with E-state index in [4.69, 9.17) is 0 Å². The van der Waals surface area contributed by atoms with Crippen LogP contribution in [0.2, 0.25) is 0 Å². The lowest BCUT2D eigenvalue weighted by molar-refractivity contribution is 0.233. The molecule has 0 bridgehead atoms. The fourth-order valence-corrected chi connectivity index (χ4v) is 3.51. The van der Waals surface area contributed by atoms with Gasteiger partial charge in [-0.2, -0.15) is 5.10 Å². The third kappa shape index (κ3) is 2.50. The molecule has 1 aromatic heterocycles. The van der Waals surface area contributed by atoms with Gasteiger partial charge in [-0.05, 0) is 54.1 Å². The lowest BCUT2D eigenvalue weighted by Crippen LogP contribution is -2.26. The molecule has 2 rings (SSSR count). The Morgan fingerprint density at radius 1 is 1.33 bits per heavy atom. The van der Waals surface area contributed by atoms with Crippen LogP contribution in [-0.2, 0) is 13.6 Å². The van der Waals surface area contributed by atoms with E-state index in [1.54, 1.807) is 0 Å². The molecule has 0 unspecified atom stereocenters. The fraction of sp³-hybridized carbons (Fsp3) is 0.786. The van der Waals surface area contributed by atoms with Crippen LogP contribution in [-0.4, -0.2) is 27.8 Å². The highest BCUT2D eigenvalue weighted by Gasteiger charge is 2.35. The zero-order chi connectivity index (χ0) is 13.3. The Morgan fingerprint density at radius 3 is 2.44 bits per heavy atom. The van der Waals surface area contributed by atoms with Crippen molar-refractivity contribution in [3.8, 4) is 0 Å². The first-order valence-corrected chi connectivity index (χ1v) is 7.71. The molecule has 0 radical (unpaired) electrons. The summed E-state index contributed by atoms with van der Waals surface area (Å²) >= 11 is 3.66. The standard InChI is InChI=1S/C14H24BrN3/c1-5-14(6-2)7-8-18(10-14)9-12-13(15)11(3)16-17(12)4/h5-10H2,1-4H3. The van der Waals surface area contributed by atoms with E-state index in [0.717, 1.165) is 12.2 Å². The molecule has 1 aliphatic rings. The summed E-state index contributed by atoms with van der Waals surface area (Å²) in [5.74, 6) is 0. The molecule has 3 nitrogen and oxygen atoms in total. The van der Waals surface area contributed by atoms with Gasteiger partial charge < -0.3 is 0 Å². The van der Waals surface area contributed by atoms with Crippen LogP contribution in [0.25, 0.3) is 0 Å². The quantitative estimate of drug-likeness (QED) is 0.848. The Morgan fingerprint density at radius 2 is 2.00 bits per heavy atom. The minimum atomic E-state index is 0.556. The number of aromatic nitrogens is 2. The number of hydrogen-bond donors (Lipinski definition) is 0. The van der Waals surface area contributed by atoms with E-state index in [9.17, 15) is 0 Å². The maximum Gasteiger partial charge on any atom is 0.0739 e. The van der Waals surface area contributed by atoms with Crippen molar-refractivity contribution in [3.63, 3.8) is 0 Å². The summed E-state index contributed by atoms with van der Waals surface area (Å²) in [5.41, 5.74) is 2.94. The minimum Gasteiger partial charge on any atom is -0.297 e. The second kappa shape index (κ2) is 5.33. The van der Waals surface area contributed by atoms with E-state index < -0.39 is 0 Å². The van der Waals surface area contributed by atoms with Crippen LogP contribution < -0.4 is 0 Å². The van der Waals surface area contributed by atoms with Gasteiger partial charge in [0.2, 0.25) is 0 Å². The molecule has 0 atom stereocenters. The van der Waals surface area contributed by atoms with Crippen LogP contribution >= 0.6 is 15.9 Å². The Kier molecular flexibility index (Phi) is 4.17. The molecule has 0 N–H and O–H groups in total. The molecule has 0 amide bonds. The summed E-state index contributed by atoms with van der Waals surface area (Å²) in [6.45, 7) is 10.2. The van der Waals surface area contributed by atoms with E-state index in [1.165, 1.54) is 42.5 Å². The van der Waals surface area contributed by atoms with Gasteiger partial charge in [0, 0.05) is 20.1 Å². The predicted octanol–water partition coefficient (Wildman–Crippen LogP) is 3.50. The molecule has 0 spiro atoms. The summed E-state index contributed by atoms with van der Waals surface area (Å²) in [6, 6.07) is 0. The summed E-state index contributed by atoms with van der Waals surface area (Å²) in [7, 11) is 2.04. The first kappa shape index (κ1) is 14.1. The number of halogens is 1. The van der Waals surface area contributed by atoms with Gasteiger partial charge in [0.1, 0.15) is 0 Å². The molecule has 1 saturated heterocycles. The van der Waals surface area contributed by atoms with Gasteiger partial charge in [0.05, 0.1) is 15.9 Å². The summed E-state index contributed by atoms with van der Waals surface area (Å²) in [4.78, 5) is 2.58. The molecular formula is C14H24BrN3. The maximum atomic E-state index is 4.47. The topological polar surface area (TPSA) is 21.1 Å². The van der Waals surface area contributed by atoms with Crippen LogP contribution in [0.15, 0.2) is 4.47 Å².